The molecule has 1 fully saturated rings. The Bertz CT molecular complexity index is 1420. The molecule has 0 aliphatic carbocycles. The van der Waals surface area contributed by atoms with Crippen molar-refractivity contribution in [3.8, 4) is 28.7 Å². The van der Waals surface area contributed by atoms with Crippen molar-refractivity contribution in [2.75, 3.05) is 47.3 Å². The largest absolute Gasteiger partial charge is 0.493 e. The van der Waals surface area contributed by atoms with E-state index in [9.17, 15) is 10.0 Å². The van der Waals surface area contributed by atoms with E-state index >= 15 is 0 Å². The van der Waals surface area contributed by atoms with Gasteiger partial charge in [0.05, 0.1) is 53.8 Å². The number of halogens is 1. The van der Waals surface area contributed by atoms with Crippen LogP contribution in [-0.4, -0.2) is 63.6 Å². The number of benzene rings is 3. The van der Waals surface area contributed by atoms with Crippen molar-refractivity contribution >= 4 is 29.4 Å². The van der Waals surface area contributed by atoms with Gasteiger partial charge in [-0.2, -0.15) is 0 Å². The molecule has 0 radical (unpaired) electrons. The Morgan fingerprint density at radius 3 is 2.09 bits per heavy atom. The van der Waals surface area contributed by atoms with Crippen LogP contribution in [0.2, 0.25) is 5.02 Å². The first-order chi connectivity index (χ1) is 22.3. The number of amides is 2. The number of nitrogens with zero attached hydrogens (tertiary/aromatic N) is 1. The fourth-order valence-electron chi connectivity index (χ4n) is 5.24. The van der Waals surface area contributed by atoms with Crippen LogP contribution in [0.25, 0.3) is 0 Å². The van der Waals surface area contributed by atoms with Crippen LogP contribution < -0.4 is 29.0 Å². The smallest absolute Gasteiger partial charge is 0.341 e. The van der Waals surface area contributed by atoms with Crippen LogP contribution in [0.3, 0.4) is 0 Å². The molecule has 1 saturated heterocycles. The standard InChI is InChI=1S/C34H43ClN2O8S/c1-6-7-14-37(39)34(38)36-21-24-17-22(18-29(40-2)32(24)44-15-16-46-26-10-8-25(35)9-11-26)27-12-13-28(45-27)23-19-30(41-3)33(43-5)31(20-23)42-4/h8-11,17-20,27-28,39H,6-7,12-16,21H2,1-5H3,(H,36,38)/t27-,28-/m1/s1. The highest BCUT2D eigenvalue weighted by atomic mass is 35.5. The second-order valence-electron chi connectivity index (χ2n) is 10.6. The molecule has 12 heteroatoms. The molecule has 0 saturated carbocycles. The van der Waals surface area contributed by atoms with Gasteiger partial charge in [-0.25, -0.2) is 9.86 Å². The Hall–Kier alpha value is -3.51. The number of hydroxylamine groups is 2. The van der Waals surface area contributed by atoms with Crippen molar-refractivity contribution < 1.29 is 38.4 Å². The van der Waals surface area contributed by atoms with Gasteiger partial charge < -0.3 is 33.7 Å². The van der Waals surface area contributed by atoms with Crippen molar-refractivity contribution in [3.05, 3.63) is 70.2 Å². The van der Waals surface area contributed by atoms with Crippen LogP contribution in [0.1, 0.15) is 61.5 Å². The molecule has 1 aliphatic heterocycles. The lowest BCUT2D eigenvalue weighted by atomic mass is 10.0. The molecule has 3 aromatic carbocycles. The summed E-state index contributed by atoms with van der Waals surface area (Å²) in [7, 11) is 6.34. The number of unbranched alkanes of at least 4 members (excludes halogenated alkanes) is 1. The summed E-state index contributed by atoms with van der Waals surface area (Å²) < 4.78 is 35.2. The molecule has 1 aliphatic rings. The van der Waals surface area contributed by atoms with Crippen molar-refractivity contribution in [2.45, 2.75) is 56.3 Å². The second-order valence-corrected chi connectivity index (χ2v) is 12.3. The van der Waals surface area contributed by atoms with Crippen LogP contribution in [0.15, 0.2) is 53.4 Å². The molecule has 0 spiro atoms. The first-order valence-corrected chi connectivity index (χ1v) is 16.6. The van der Waals surface area contributed by atoms with Crippen LogP contribution in [0.4, 0.5) is 4.79 Å². The number of hydrogen-bond acceptors (Lipinski definition) is 9. The van der Waals surface area contributed by atoms with Gasteiger partial charge in [0.1, 0.15) is 0 Å². The summed E-state index contributed by atoms with van der Waals surface area (Å²) in [5.41, 5.74) is 2.53. The minimum Gasteiger partial charge on any atom is -0.493 e. The third-order valence-corrected chi connectivity index (χ3v) is 8.85. The minimum absolute atomic E-state index is 0.120. The number of carbonyl (C=O) groups is 1. The van der Waals surface area contributed by atoms with Gasteiger partial charge in [0.25, 0.3) is 0 Å². The summed E-state index contributed by atoms with van der Waals surface area (Å²) in [4.78, 5) is 13.7. The van der Waals surface area contributed by atoms with Gasteiger partial charge in [-0.1, -0.05) is 24.9 Å². The second kappa shape index (κ2) is 17.4. The fourth-order valence-corrected chi connectivity index (χ4v) is 6.09. The lowest BCUT2D eigenvalue weighted by molar-refractivity contribution is -0.0439. The summed E-state index contributed by atoms with van der Waals surface area (Å²) in [6.07, 6.45) is 2.65. The Morgan fingerprint density at radius 2 is 1.52 bits per heavy atom. The van der Waals surface area contributed by atoms with Crippen molar-refractivity contribution in [3.63, 3.8) is 0 Å². The van der Waals surface area contributed by atoms with E-state index in [-0.39, 0.29) is 25.3 Å². The maximum atomic E-state index is 12.6. The highest BCUT2D eigenvalue weighted by Gasteiger charge is 2.31. The van der Waals surface area contributed by atoms with E-state index < -0.39 is 6.03 Å². The molecule has 1 heterocycles. The van der Waals surface area contributed by atoms with E-state index in [2.05, 4.69) is 5.32 Å². The molecule has 3 aromatic rings. The molecule has 2 amide bonds. The van der Waals surface area contributed by atoms with Crippen LogP contribution >= 0.6 is 23.4 Å². The number of carbonyl (C=O) groups excluding carboxylic acids is 1. The average Bonchev–Trinajstić information content (AvgIpc) is 3.58. The summed E-state index contributed by atoms with van der Waals surface area (Å²) in [6.45, 7) is 2.76. The molecular formula is C34H43ClN2O8S. The molecule has 10 nitrogen and oxygen atoms in total. The zero-order chi connectivity index (χ0) is 33.1. The summed E-state index contributed by atoms with van der Waals surface area (Å²) >= 11 is 7.66. The van der Waals surface area contributed by atoms with Gasteiger partial charge in [-0.15, -0.1) is 11.8 Å². The number of ether oxygens (including phenoxy) is 6. The lowest BCUT2D eigenvalue weighted by Gasteiger charge is -2.21. The maximum absolute atomic E-state index is 12.6. The number of hydrogen-bond donors (Lipinski definition) is 2. The summed E-state index contributed by atoms with van der Waals surface area (Å²) in [6, 6.07) is 14.8. The highest BCUT2D eigenvalue weighted by Crippen LogP contribution is 2.47. The first kappa shape index (κ1) is 35.3. The van der Waals surface area contributed by atoms with Crippen molar-refractivity contribution in [1.29, 1.82) is 0 Å². The Labute approximate surface area is 280 Å². The zero-order valence-corrected chi connectivity index (χ0v) is 28.5. The van der Waals surface area contributed by atoms with Crippen LogP contribution in [0, 0.1) is 0 Å². The molecule has 4 rings (SSSR count). The Balaban J connectivity index is 1.55. The Morgan fingerprint density at radius 1 is 0.935 bits per heavy atom. The van der Waals surface area contributed by atoms with Crippen LogP contribution in [0.5, 0.6) is 28.7 Å². The molecule has 250 valence electrons. The van der Waals surface area contributed by atoms with Gasteiger partial charge in [0, 0.05) is 27.8 Å². The van der Waals surface area contributed by atoms with E-state index in [0.29, 0.717) is 63.2 Å². The average molecular weight is 675 g/mol. The third kappa shape index (κ3) is 9.06. The van der Waals surface area contributed by atoms with E-state index in [1.807, 2.05) is 55.5 Å². The summed E-state index contributed by atoms with van der Waals surface area (Å²) in [5.74, 6) is 3.40. The number of urea groups is 1. The normalized spacial score (nSPS) is 15.7. The number of methoxy groups -OCH3 is 4. The predicted octanol–water partition coefficient (Wildman–Crippen LogP) is 7.84. The van der Waals surface area contributed by atoms with Crippen molar-refractivity contribution in [1.82, 2.24) is 10.4 Å². The molecule has 2 atom stereocenters. The molecule has 0 aromatic heterocycles. The SMILES string of the molecule is CCCCN(O)C(=O)NCc1cc([C@H]2CC[C@H](c3cc(OC)c(OC)c(OC)c3)O2)cc(OC)c1OCCSc1ccc(Cl)cc1. The van der Waals surface area contributed by atoms with Gasteiger partial charge in [-0.05, 0) is 78.9 Å². The maximum Gasteiger partial charge on any atom is 0.341 e. The molecule has 46 heavy (non-hydrogen) atoms. The fraction of sp³-hybridized carbons (Fsp3) is 0.441. The number of rotatable bonds is 16. The third-order valence-electron chi connectivity index (χ3n) is 7.62. The molecule has 2 N–H and O–H groups in total. The molecule has 0 bridgehead atoms. The lowest BCUT2D eigenvalue weighted by Crippen LogP contribution is -2.37. The molecular weight excluding hydrogens is 632 g/mol. The van der Waals surface area contributed by atoms with Crippen molar-refractivity contribution in [2.24, 2.45) is 0 Å². The van der Waals surface area contributed by atoms with Gasteiger partial charge in [0.15, 0.2) is 23.0 Å². The van der Waals surface area contributed by atoms with E-state index in [4.69, 9.17) is 40.0 Å². The minimum atomic E-state index is -0.582. The van der Waals surface area contributed by atoms with Gasteiger partial charge >= 0.3 is 6.03 Å². The van der Waals surface area contributed by atoms with Gasteiger partial charge in [-0.3, -0.25) is 5.21 Å². The number of thioether (sulfide) groups is 1. The quantitative estimate of drug-likeness (QED) is 0.0680. The van der Waals surface area contributed by atoms with E-state index in [0.717, 1.165) is 35.3 Å². The number of nitrogens with one attached hydrogen (secondary N) is 1. The monoisotopic (exact) mass is 674 g/mol. The zero-order valence-electron chi connectivity index (χ0n) is 27.0. The Kier molecular flexibility index (Phi) is 13.4. The molecule has 0 unspecified atom stereocenters. The van der Waals surface area contributed by atoms with E-state index in [1.165, 1.54) is 0 Å². The highest BCUT2D eigenvalue weighted by molar-refractivity contribution is 7.99. The van der Waals surface area contributed by atoms with E-state index in [1.54, 1.807) is 40.2 Å². The van der Waals surface area contributed by atoms with Gasteiger partial charge in [0.2, 0.25) is 5.75 Å². The first-order valence-electron chi connectivity index (χ1n) is 15.2. The predicted molar refractivity (Wildman–Crippen MR) is 178 cm³/mol. The van der Waals surface area contributed by atoms with Crippen LogP contribution in [-0.2, 0) is 11.3 Å². The summed E-state index contributed by atoms with van der Waals surface area (Å²) in [5, 5.41) is 14.4. The topological polar surface area (TPSA) is 108 Å².